The summed E-state index contributed by atoms with van der Waals surface area (Å²) in [6.07, 6.45) is 2.06. The van der Waals surface area contributed by atoms with E-state index < -0.39 is 0 Å². The second-order valence-electron chi connectivity index (χ2n) is 4.75. The van der Waals surface area contributed by atoms with Gasteiger partial charge in [-0.1, -0.05) is 13.8 Å². The van der Waals surface area contributed by atoms with Crippen LogP contribution in [0.2, 0.25) is 0 Å². The molecule has 5 heteroatoms. The summed E-state index contributed by atoms with van der Waals surface area (Å²) in [6.45, 7) is 4.11. The maximum Gasteiger partial charge on any atom is 0.241 e. The Morgan fingerprint density at radius 2 is 2.05 bits per heavy atom. The second kappa shape index (κ2) is 5.93. The minimum absolute atomic E-state index is 0.00273. The van der Waals surface area contributed by atoms with Crippen LogP contribution in [0.25, 0.3) is 0 Å². The van der Waals surface area contributed by atoms with Gasteiger partial charge in [0.2, 0.25) is 5.91 Å². The maximum absolute atomic E-state index is 12.0. The van der Waals surface area contributed by atoms with Gasteiger partial charge in [-0.05, 0) is 38.1 Å². The average Bonchev–Trinajstić information content (AvgIpc) is 2.82. The lowest BCUT2D eigenvalue weighted by Gasteiger charge is -2.14. The van der Waals surface area contributed by atoms with Gasteiger partial charge >= 0.3 is 0 Å². The van der Waals surface area contributed by atoms with Crippen LogP contribution in [0.4, 0.5) is 17.1 Å². The summed E-state index contributed by atoms with van der Waals surface area (Å²) in [5.74, 6) is 0.00273. The third kappa shape index (κ3) is 2.98. The van der Waals surface area contributed by atoms with Crippen LogP contribution in [0.1, 0.15) is 26.7 Å². The van der Waals surface area contributed by atoms with Crippen LogP contribution in [0.5, 0.6) is 0 Å². The Morgan fingerprint density at radius 1 is 1.32 bits per heavy atom. The second-order valence-corrected chi connectivity index (χ2v) is 4.75. The van der Waals surface area contributed by atoms with Gasteiger partial charge in [-0.2, -0.15) is 0 Å². The third-order valence-corrected chi connectivity index (χ3v) is 3.43. The van der Waals surface area contributed by atoms with Crippen molar-refractivity contribution in [1.29, 1.82) is 0 Å². The van der Waals surface area contributed by atoms with Crippen LogP contribution >= 0.6 is 0 Å². The number of anilines is 3. The maximum atomic E-state index is 12.0. The molecule has 0 spiro atoms. The molecule has 0 fully saturated rings. The first-order valence-electron chi connectivity index (χ1n) is 6.83. The van der Waals surface area contributed by atoms with E-state index in [0.717, 1.165) is 29.9 Å². The van der Waals surface area contributed by atoms with Crippen LogP contribution in [-0.4, -0.2) is 25.2 Å². The first-order valence-corrected chi connectivity index (χ1v) is 6.83. The van der Waals surface area contributed by atoms with Crippen LogP contribution in [0.15, 0.2) is 18.2 Å². The Morgan fingerprint density at radius 3 is 2.68 bits per heavy atom. The first kappa shape index (κ1) is 13.7. The minimum Gasteiger partial charge on any atom is -0.364 e. The molecule has 0 radical (unpaired) electrons. The highest BCUT2D eigenvalue weighted by atomic mass is 16.2. The molecule has 2 rings (SSSR count). The monoisotopic (exact) mass is 262 g/mol. The predicted molar refractivity (Wildman–Crippen MR) is 79.5 cm³/mol. The Balaban J connectivity index is 2.06. The van der Waals surface area contributed by atoms with Gasteiger partial charge in [0.05, 0.1) is 23.6 Å². The SMILES string of the molecule is CCC1Nc2ccc(NC(=O)C(CC)NC)cc2N1. The van der Waals surface area contributed by atoms with Crippen molar-refractivity contribution in [2.75, 3.05) is 23.0 Å². The summed E-state index contributed by atoms with van der Waals surface area (Å²) < 4.78 is 0. The standard InChI is InChI=1S/C14H22N4O/c1-4-10(15-3)14(19)16-9-6-7-11-12(8-9)18-13(5-2)17-11/h6-8,10,13,15,17-18H,4-5H2,1-3H3,(H,16,19). The van der Waals surface area contributed by atoms with Crippen molar-refractivity contribution in [3.63, 3.8) is 0 Å². The largest absolute Gasteiger partial charge is 0.364 e. The highest BCUT2D eigenvalue weighted by Crippen LogP contribution is 2.32. The predicted octanol–water partition coefficient (Wildman–Crippen LogP) is 2.20. The topological polar surface area (TPSA) is 65.2 Å². The molecule has 2 unspecified atom stereocenters. The fourth-order valence-corrected chi connectivity index (χ4v) is 2.23. The van der Waals surface area contributed by atoms with Gasteiger partial charge in [-0.25, -0.2) is 0 Å². The van der Waals surface area contributed by atoms with Gasteiger partial charge in [0.15, 0.2) is 0 Å². The minimum atomic E-state index is -0.150. The highest BCUT2D eigenvalue weighted by Gasteiger charge is 2.19. The number of amides is 1. The van der Waals surface area contributed by atoms with Crippen molar-refractivity contribution < 1.29 is 4.79 Å². The van der Waals surface area contributed by atoms with Gasteiger partial charge in [0.1, 0.15) is 0 Å². The molecule has 2 atom stereocenters. The molecular formula is C14H22N4O. The average molecular weight is 262 g/mol. The number of nitrogens with one attached hydrogen (secondary N) is 4. The molecule has 0 aromatic heterocycles. The number of carbonyl (C=O) groups is 1. The van der Waals surface area contributed by atoms with E-state index in [1.54, 1.807) is 7.05 Å². The number of rotatable bonds is 5. The van der Waals surface area contributed by atoms with Crippen molar-refractivity contribution in [1.82, 2.24) is 5.32 Å². The van der Waals surface area contributed by atoms with Crippen LogP contribution in [-0.2, 0) is 4.79 Å². The molecule has 1 aliphatic heterocycles. The molecule has 1 heterocycles. The van der Waals surface area contributed by atoms with Gasteiger partial charge in [0, 0.05) is 5.69 Å². The van der Waals surface area contributed by atoms with E-state index in [-0.39, 0.29) is 18.1 Å². The van der Waals surface area contributed by atoms with E-state index in [4.69, 9.17) is 0 Å². The molecule has 0 aliphatic carbocycles. The number of likely N-dealkylation sites (N-methyl/N-ethyl adjacent to an activating group) is 1. The fourth-order valence-electron chi connectivity index (χ4n) is 2.23. The summed E-state index contributed by atoms with van der Waals surface area (Å²) in [4.78, 5) is 12.0. The summed E-state index contributed by atoms with van der Waals surface area (Å²) in [5, 5.41) is 12.7. The van der Waals surface area contributed by atoms with Gasteiger partial charge in [0.25, 0.3) is 0 Å². The lowest BCUT2D eigenvalue weighted by molar-refractivity contribution is -0.118. The van der Waals surface area contributed by atoms with Crippen molar-refractivity contribution in [3.05, 3.63) is 18.2 Å². The molecule has 1 aromatic carbocycles. The Bertz CT molecular complexity index is 457. The smallest absolute Gasteiger partial charge is 0.241 e. The molecule has 1 aliphatic rings. The molecule has 19 heavy (non-hydrogen) atoms. The zero-order valence-electron chi connectivity index (χ0n) is 11.7. The Hall–Kier alpha value is -1.75. The molecule has 5 nitrogen and oxygen atoms in total. The summed E-state index contributed by atoms with van der Waals surface area (Å²) >= 11 is 0. The van der Waals surface area contributed by atoms with Crippen LogP contribution in [0, 0.1) is 0 Å². The van der Waals surface area contributed by atoms with E-state index in [1.165, 1.54) is 0 Å². The quantitative estimate of drug-likeness (QED) is 0.657. The number of carbonyl (C=O) groups excluding carboxylic acids is 1. The fraction of sp³-hybridized carbons (Fsp3) is 0.500. The zero-order chi connectivity index (χ0) is 13.8. The summed E-state index contributed by atoms with van der Waals surface area (Å²) in [7, 11) is 1.80. The van der Waals surface area contributed by atoms with Crippen LogP contribution in [0.3, 0.4) is 0 Å². The summed E-state index contributed by atoms with van der Waals surface area (Å²) in [6, 6.07) is 5.74. The molecule has 4 N–H and O–H groups in total. The van der Waals surface area contributed by atoms with E-state index in [9.17, 15) is 4.79 Å². The first-order chi connectivity index (χ1) is 9.17. The molecule has 1 amide bonds. The molecule has 0 saturated heterocycles. The molecule has 1 aromatic rings. The number of hydrogen-bond acceptors (Lipinski definition) is 4. The lowest BCUT2D eigenvalue weighted by Crippen LogP contribution is -2.37. The third-order valence-electron chi connectivity index (χ3n) is 3.43. The van der Waals surface area contributed by atoms with E-state index in [2.05, 4.69) is 28.2 Å². The van der Waals surface area contributed by atoms with E-state index >= 15 is 0 Å². The molecule has 0 saturated carbocycles. The molecule has 104 valence electrons. The number of benzene rings is 1. The van der Waals surface area contributed by atoms with Crippen LogP contribution < -0.4 is 21.3 Å². The number of hydrogen-bond donors (Lipinski definition) is 4. The van der Waals surface area contributed by atoms with Gasteiger partial charge in [-0.3, -0.25) is 4.79 Å². The van der Waals surface area contributed by atoms with Crippen molar-refractivity contribution in [2.24, 2.45) is 0 Å². The highest BCUT2D eigenvalue weighted by molar-refractivity contribution is 5.96. The summed E-state index contributed by atoms with van der Waals surface area (Å²) in [5.41, 5.74) is 2.95. The number of fused-ring (bicyclic) bond motifs is 1. The van der Waals surface area contributed by atoms with Crippen molar-refractivity contribution in [3.8, 4) is 0 Å². The normalized spacial score (nSPS) is 18.2. The molecular weight excluding hydrogens is 240 g/mol. The molecule has 0 bridgehead atoms. The zero-order valence-corrected chi connectivity index (χ0v) is 11.7. The lowest BCUT2D eigenvalue weighted by atomic mass is 10.2. The van der Waals surface area contributed by atoms with Crippen molar-refractivity contribution in [2.45, 2.75) is 38.9 Å². The van der Waals surface area contributed by atoms with Crippen molar-refractivity contribution >= 4 is 23.0 Å². The van der Waals surface area contributed by atoms with Gasteiger partial charge < -0.3 is 21.3 Å². The van der Waals surface area contributed by atoms with E-state index in [1.807, 2.05) is 25.1 Å². The van der Waals surface area contributed by atoms with E-state index in [0.29, 0.717) is 0 Å². The Kier molecular flexibility index (Phi) is 4.27. The van der Waals surface area contributed by atoms with Gasteiger partial charge in [-0.15, -0.1) is 0 Å². The Labute approximate surface area is 114 Å².